The Morgan fingerprint density at radius 2 is 1.21 bits per heavy atom. The lowest BCUT2D eigenvalue weighted by Crippen LogP contribution is -2.52. The highest BCUT2D eigenvalue weighted by Gasteiger charge is 2.45. The van der Waals surface area contributed by atoms with Crippen molar-refractivity contribution < 1.29 is 14.3 Å². The van der Waals surface area contributed by atoms with Crippen LogP contribution in [0.5, 0.6) is 0 Å². The van der Waals surface area contributed by atoms with E-state index in [-0.39, 0.29) is 5.91 Å². The summed E-state index contributed by atoms with van der Waals surface area (Å²) in [6, 6.07) is 28.5. The third-order valence-corrected chi connectivity index (χ3v) is 6.10. The summed E-state index contributed by atoms with van der Waals surface area (Å²) in [6.45, 7) is 2.15. The number of hydrogen-bond donors (Lipinski definition) is 1. The van der Waals surface area contributed by atoms with Crippen LogP contribution >= 0.6 is 0 Å². The zero-order valence-corrected chi connectivity index (χ0v) is 19.5. The highest BCUT2D eigenvalue weighted by atomic mass is 16.5. The van der Waals surface area contributed by atoms with Crippen molar-refractivity contribution in [3.05, 3.63) is 108 Å². The van der Waals surface area contributed by atoms with Crippen molar-refractivity contribution >= 4 is 11.9 Å². The van der Waals surface area contributed by atoms with Crippen LogP contribution in [0, 0.1) is 0 Å². The van der Waals surface area contributed by atoms with Crippen molar-refractivity contribution in [1.82, 2.24) is 5.32 Å². The first-order chi connectivity index (χ1) is 16.1. The minimum Gasteiger partial charge on any atom is -0.467 e. The fourth-order valence-corrected chi connectivity index (χ4v) is 4.39. The van der Waals surface area contributed by atoms with Crippen LogP contribution in [0.2, 0.25) is 0 Å². The number of ether oxygens (including phenoxy) is 1. The van der Waals surface area contributed by atoms with E-state index in [9.17, 15) is 9.59 Å². The van der Waals surface area contributed by atoms with Gasteiger partial charge in [0.05, 0.1) is 7.11 Å². The van der Waals surface area contributed by atoms with Crippen LogP contribution in [0.25, 0.3) is 0 Å². The molecule has 0 aromatic heterocycles. The van der Waals surface area contributed by atoms with E-state index in [1.54, 1.807) is 0 Å². The summed E-state index contributed by atoms with van der Waals surface area (Å²) in [5.74, 6) is -0.653. The van der Waals surface area contributed by atoms with Crippen LogP contribution in [0.4, 0.5) is 0 Å². The fourth-order valence-electron chi connectivity index (χ4n) is 4.39. The summed E-state index contributed by atoms with van der Waals surface area (Å²) in [4.78, 5) is 26.9. The first-order valence-corrected chi connectivity index (χ1v) is 11.7. The van der Waals surface area contributed by atoms with E-state index in [0.29, 0.717) is 6.42 Å². The van der Waals surface area contributed by atoms with E-state index < -0.39 is 17.4 Å². The quantitative estimate of drug-likeness (QED) is 0.237. The molecule has 172 valence electrons. The number of benzene rings is 3. The molecule has 1 N–H and O–H groups in total. The van der Waals surface area contributed by atoms with Gasteiger partial charge >= 0.3 is 5.97 Å². The molecular formula is C29H33NO3. The van der Waals surface area contributed by atoms with Gasteiger partial charge in [0, 0.05) is 0 Å². The van der Waals surface area contributed by atoms with Gasteiger partial charge in [0.25, 0.3) is 0 Å². The summed E-state index contributed by atoms with van der Waals surface area (Å²) in [6.07, 6.45) is 4.62. The van der Waals surface area contributed by atoms with Crippen molar-refractivity contribution in [3.63, 3.8) is 0 Å². The highest BCUT2D eigenvalue weighted by molar-refractivity contribution is 5.98. The van der Waals surface area contributed by atoms with Crippen LogP contribution in [0.15, 0.2) is 91.0 Å². The van der Waals surface area contributed by atoms with Crippen LogP contribution in [-0.2, 0) is 19.7 Å². The summed E-state index contributed by atoms with van der Waals surface area (Å²) in [5, 5.41) is 3.07. The van der Waals surface area contributed by atoms with Gasteiger partial charge in [0.2, 0.25) is 5.91 Å². The Kier molecular flexibility index (Phi) is 8.82. The number of amides is 1. The van der Waals surface area contributed by atoms with Gasteiger partial charge in [-0.3, -0.25) is 4.79 Å². The maximum absolute atomic E-state index is 14.3. The Balaban J connectivity index is 2.10. The van der Waals surface area contributed by atoms with Gasteiger partial charge in [0.15, 0.2) is 0 Å². The summed E-state index contributed by atoms with van der Waals surface area (Å²) in [5.41, 5.74) is 1.41. The maximum Gasteiger partial charge on any atom is 0.328 e. The molecule has 0 spiro atoms. The number of esters is 1. The van der Waals surface area contributed by atoms with Crippen LogP contribution in [0.1, 0.15) is 55.7 Å². The second-order valence-electron chi connectivity index (χ2n) is 8.25. The molecular weight excluding hydrogens is 410 g/mol. The van der Waals surface area contributed by atoms with Crippen molar-refractivity contribution in [2.24, 2.45) is 0 Å². The van der Waals surface area contributed by atoms with Gasteiger partial charge in [-0.2, -0.15) is 0 Å². The molecule has 1 amide bonds. The lowest BCUT2D eigenvalue weighted by atomic mass is 9.68. The fraction of sp³-hybridized carbons (Fsp3) is 0.310. The van der Waals surface area contributed by atoms with E-state index >= 15 is 0 Å². The summed E-state index contributed by atoms with van der Waals surface area (Å²) < 4.78 is 5.05. The first kappa shape index (κ1) is 24.2. The van der Waals surface area contributed by atoms with E-state index in [1.165, 1.54) is 7.11 Å². The number of carbonyl (C=O) groups is 2. The molecule has 0 saturated carbocycles. The Labute approximate surface area is 197 Å². The number of unbranched alkanes of at least 4 members (excludes halogenated alkanes) is 3. The average Bonchev–Trinajstić information content (AvgIpc) is 2.88. The smallest absolute Gasteiger partial charge is 0.328 e. The standard InChI is InChI=1S/C29H33NO3/c1-3-4-5-15-22-26(27(31)33-2)30-28(32)29(23-16-9-6-10-17-23,24-18-11-7-12-19-24)25-20-13-8-14-21-25/h6-14,16-21,26H,3-5,15,22H2,1-2H3,(H,30,32)/t26-/m0/s1. The minimum absolute atomic E-state index is 0.239. The number of nitrogens with one attached hydrogen (secondary N) is 1. The first-order valence-electron chi connectivity index (χ1n) is 11.7. The Morgan fingerprint density at radius 3 is 1.61 bits per heavy atom. The topological polar surface area (TPSA) is 55.4 Å². The number of methoxy groups -OCH3 is 1. The molecule has 3 aromatic carbocycles. The largest absolute Gasteiger partial charge is 0.467 e. The molecule has 0 aliphatic carbocycles. The summed E-state index contributed by atoms with van der Waals surface area (Å²) in [7, 11) is 1.37. The van der Waals surface area contributed by atoms with Gasteiger partial charge in [0.1, 0.15) is 11.5 Å². The van der Waals surface area contributed by atoms with E-state index in [4.69, 9.17) is 4.74 Å². The van der Waals surface area contributed by atoms with Crippen molar-refractivity contribution in [2.75, 3.05) is 7.11 Å². The molecule has 4 nitrogen and oxygen atoms in total. The van der Waals surface area contributed by atoms with Crippen LogP contribution in [-0.4, -0.2) is 25.0 Å². The van der Waals surface area contributed by atoms with E-state index in [1.807, 2.05) is 91.0 Å². The van der Waals surface area contributed by atoms with Crippen molar-refractivity contribution in [3.8, 4) is 0 Å². The normalized spacial score (nSPS) is 12.1. The minimum atomic E-state index is -1.11. The number of rotatable bonds is 11. The van der Waals surface area contributed by atoms with Gasteiger partial charge < -0.3 is 10.1 Å². The molecule has 3 aromatic rings. The molecule has 0 aliphatic heterocycles. The molecule has 0 unspecified atom stereocenters. The van der Waals surface area contributed by atoms with Crippen molar-refractivity contribution in [2.45, 2.75) is 50.5 Å². The second-order valence-corrected chi connectivity index (χ2v) is 8.25. The molecule has 0 bridgehead atoms. The lowest BCUT2D eigenvalue weighted by Gasteiger charge is -2.35. The Hall–Kier alpha value is -3.40. The molecule has 3 rings (SSSR count). The molecule has 0 fully saturated rings. The van der Waals surface area contributed by atoms with Gasteiger partial charge in [-0.25, -0.2) is 4.79 Å². The SMILES string of the molecule is CCCCCC[C@H](NC(=O)C(c1ccccc1)(c1ccccc1)c1ccccc1)C(=O)OC. The molecule has 33 heavy (non-hydrogen) atoms. The summed E-state index contributed by atoms with van der Waals surface area (Å²) >= 11 is 0. The maximum atomic E-state index is 14.3. The second kappa shape index (κ2) is 12.0. The molecule has 0 aliphatic rings. The average molecular weight is 444 g/mol. The molecule has 1 atom stereocenters. The van der Waals surface area contributed by atoms with E-state index in [0.717, 1.165) is 42.4 Å². The number of hydrogen-bond acceptors (Lipinski definition) is 3. The van der Waals surface area contributed by atoms with Crippen LogP contribution < -0.4 is 5.32 Å². The molecule has 0 saturated heterocycles. The van der Waals surface area contributed by atoms with Gasteiger partial charge in [-0.15, -0.1) is 0 Å². The third kappa shape index (κ3) is 5.51. The molecule has 4 heteroatoms. The van der Waals surface area contributed by atoms with Crippen molar-refractivity contribution in [1.29, 1.82) is 0 Å². The monoisotopic (exact) mass is 443 g/mol. The Bertz CT molecular complexity index is 906. The predicted molar refractivity (Wildman–Crippen MR) is 132 cm³/mol. The highest BCUT2D eigenvalue weighted by Crippen LogP contribution is 2.39. The third-order valence-electron chi connectivity index (χ3n) is 6.10. The predicted octanol–water partition coefficient (Wildman–Crippen LogP) is 5.65. The molecule has 0 heterocycles. The molecule has 0 radical (unpaired) electrons. The Morgan fingerprint density at radius 1 is 0.758 bits per heavy atom. The number of carbonyl (C=O) groups excluding carboxylic acids is 2. The zero-order chi connectivity index (χ0) is 23.5. The van der Waals surface area contributed by atoms with Gasteiger partial charge in [-0.05, 0) is 23.1 Å². The van der Waals surface area contributed by atoms with Crippen LogP contribution in [0.3, 0.4) is 0 Å². The van der Waals surface area contributed by atoms with Gasteiger partial charge in [-0.1, -0.05) is 124 Å². The zero-order valence-electron chi connectivity index (χ0n) is 19.5. The van der Waals surface area contributed by atoms with E-state index in [2.05, 4.69) is 12.2 Å². The lowest BCUT2D eigenvalue weighted by molar-refractivity contribution is -0.145.